The first-order valence-electron chi connectivity index (χ1n) is 29.0. The van der Waals surface area contributed by atoms with Crippen molar-refractivity contribution in [3.63, 3.8) is 0 Å². The Morgan fingerprint density at radius 2 is 0.709 bits per heavy atom. The van der Waals surface area contributed by atoms with Gasteiger partial charge in [0.15, 0.2) is 11.3 Å². The minimum atomic E-state index is 0. The van der Waals surface area contributed by atoms with Crippen LogP contribution in [0.5, 0.6) is 0 Å². The zero-order chi connectivity index (χ0) is 62.0. The number of benzene rings is 2. The maximum absolute atomic E-state index is 4.43. The van der Waals surface area contributed by atoms with Crippen molar-refractivity contribution in [1.82, 2.24) is 59.8 Å². The van der Waals surface area contributed by atoms with Gasteiger partial charge in [-0.3, -0.25) is 39.9 Å². The Morgan fingerprint density at radius 3 is 1.31 bits per heavy atom. The molecule has 0 aliphatic carbocycles. The van der Waals surface area contributed by atoms with Gasteiger partial charge in [0.2, 0.25) is 0 Å². The SMILES string of the molecule is CC(C)(C)c1ccc2nccnc2c1.CC(C)(C)c1cnc2cccnc2c1.CC(C)(C)c1cnc2ccncc2c1.CC(C)(C)c1cnc2ncccc2c1.CC(C)(C)c1cnc2nccnc2c1.Cc1c[c-]c2ncc(C(C)(C)C)cc2c1.[Y]. The van der Waals surface area contributed by atoms with Gasteiger partial charge in [-0.15, -0.1) is 11.5 Å². The first-order chi connectivity index (χ1) is 39.8. The van der Waals surface area contributed by atoms with Crippen LogP contribution in [0.1, 0.15) is 164 Å². The van der Waals surface area contributed by atoms with E-state index in [0.717, 1.165) is 55.0 Å². The van der Waals surface area contributed by atoms with E-state index in [4.69, 9.17) is 0 Å². The Kier molecular flexibility index (Phi) is 22.3. The van der Waals surface area contributed by atoms with Crippen LogP contribution in [0, 0.1) is 13.0 Å². The molecule has 12 rings (SSSR count). The fourth-order valence-corrected chi connectivity index (χ4v) is 8.41. The number of aryl methyl sites for hydroxylation is 1. The molecule has 10 aromatic heterocycles. The van der Waals surface area contributed by atoms with Crippen molar-refractivity contribution in [2.24, 2.45) is 0 Å². The van der Waals surface area contributed by atoms with Gasteiger partial charge in [0.05, 0.1) is 27.6 Å². The van der Waals surface area contributed by atoms with E-state index in [0.29, 0.717) is 5.65 Å². The van der Waals surface area contributed by atoms with Crippen molar-refractivity contribution in [2.75, 3.05) is 0 Å². The summed E-state index contributed by atoms with van der Waals surface area (Å²) < 4.78 is 0. The van der Waals surface area contributed by atoms with Crippen LogP contribution >= 0.6 is 0 Å². The van der Waals surface area contributed by atoms with Crippen molar-refractivity contribution in [1.29, 1.82) is 0 Å². The molecular formula is C73H85N12Y-. The van der Waals surface area contributed by atoms with Crippen LogP contribution in [0.4, 0.5) is 0 Å². The minimum absolute atomic E-state index is 0. The van der Waals surface area contributed by atoms with Gasteiger partial charge in [-0.05, 0) is 138 Å². The average Bonchev–Trinajstić information content (AvgIpc) is 2.50. The third-order valence-electron chi connectivity index (χ3n) is 14.1. The van der Waals surface area contributed by atoms with Gasteiger partial charge < -0.3 is 0 Å². The predicted octanol–water partition coefficient (Wildman–Crippen LogP) is 17.7. The number of nitrogens with zero attached hydrogens (tertiary/aromatic N) is 12. The van der Waals surface area contributed by atoms with Gasteiger partial charge in [0.25, 0.3) is 0 Å². The molecule has 1 radical (unpaired) electrons. The van der Waals surface area contributed by atoms with E-state index in [1.54, 1.807) is 43.4 Å². The van der Waals surface area contributed by atoms with E-state index in [-0.39, 0.29) is 65.2 Å². The molecule has 0 saturated heterocycles. The summed E-state index contributed by atoms with van der Waals surface area (Å²) in [4.78, 5) is 51.3. The van der Waals surface area contributed by atoms with Gasteiger partial charge >= 0.3 is 0 Å². The van der Waals surface area contributed by atoms with Crippen molar-refractivity contribution in [3.05, 3.63) is 217 Å². The van der Waals surface area contributed by atoms with Gasteiger partial charge in [-0.25, -0.2) is 19.9 Å². The van der Waals surface area contributed by atoms with Crippen LogP contribution in [0.15, 0.2) is 172 Å². The molecule has 0 spiro atoms. The average molecular weight is 1220 g/mol. The summed E-state index contributed by atoms with van der Waals surface area (Å²) in [6.07, 6.45) is 23.6. The molecule has 441 valence electrons. The maximum atomic E-state index is 4.43. The summed E-state index contributed by atoms with van der Waals surface area (Å²) >= 11 is 0. The number of rotatable bonds is 0. The van der Waals surface area contributed by atoms with Crippen LogP contribution in [0.2, 0.25) is 0 Å². The van der Waals surface area contributed by atoms with Gasteiger partial charge in [-0.1, -0.05) is 138 Å². The summed E-state index contributed by atoms with van der Waals surface area (Å²) in [5, 5.41) is 3.40. The number of aromatic nitrogens is 12. The van der Waals surface area contributed by atoms with Crippen molar-refractivity contribution < 1.29 is 32.7 Å². The summed E-state index contributed by atoms with van der Waals surface area (Å²) in [5.74, 6) is 0. The second-order valence-electron chi connectivity index (χ2n) is 27.6. The summed E-state index contributed by atoms with van der Waals surface area (Å²) in [5.41, 5.74) is 17.8. The van der Waals surface area contributed by atoms with Crippen LogP contribution in [0.25, 0.3) is 66.1 Å². The molecule has 0 N–H and O–H groups in total. The third-order valence-corrected chi connectivity index (χ3v) is 14.1. The molecule has 86 heavy (non-hydrogen) atoms. The molecule has 0 aliphatic heterocycles. The van der Waals surface area contributed by atoms with Gasteiger partial charge in [0, 0.05) is 124 Å². The van der Waals surface area contributed by atoms with Crippen LogP contribution < -0.4 is 0 Å². The number of hydrogen-bond acceptors (Lipinski definition) is 12. The van der Waals surface area contributed by atoms with E-state index in [2.05, 4.69) is 246 Å². The summed E-state index contributed by atoms with van der Waals surface area (Å²) in [6.45, 7) is 41.4. The molecule has 12 nitrogen and oxygen atoms in total. The monoisotopic (exact) mass is 1220 g/mol. The number of hydrogen-bond donors (Lipinski definition) is 0. The second-order valence-corrected chi connectivity index (χ2v) is 27.6. The van der Waals surface area contributed by atoms with Gasteiger partial charge in [-0.2, -0.15) is 23.8 Å². The van der Waals surface area contributed by atoms with Crippen molar-refractivity contribution >= 4 is 66.1 Å². The molecule has 2 aromatic carbocycles. The van der Waals surface area contributed by atoms with Crippen LogP contribution in [-0.2, 0) is 65.2 Å². The normalized spacial score (nSPS) is 11.8. The topological polar surface area (TPSA) is 155 Å². The molecule has 12 aromatic rings. The molecule has 0 atom stereocenters. The van der Waals surface area contributed by atoms with Crippen LogP contribution in [-0.4, -0.2) is 59.8 Å². The Balaban J connectivity index is 0.000000165. The first kappa shape index (κ1) is 67.6. The zero-order valence-electron chi connectivity index (χ0n) is 54.1. The summed E-state index contributed by atoms with van der Waals surface area (Å²) in [7, 11) is 0. The van der Waals surface area contributed by atoms with E-state index in [1.165, 1.54) is 44.3 Å². The summed E-state index contributed by atoms with van der Waals surface area (Å²) in [6, 6.07) is 34.1. The van der Waals surface area contributed by atoms with E-state index in [1.807, 2.05) is 79.6 Å². The van der Waals surface area contributed by atoms with Crippen molar-refractivity contribution in [2.45, 2.75) is 164 Å². The Bertz CT molecular complexity index is 3660. The predicted molar refractivity (Wildman–Crippen MR) is 353 cm³/mol. The molecular weight excluding hydrogens is 1130 g/mol. The zero-order valence-corrected chi connectivity index (χ0v) is 56.9. The molecule has 0 saturated carbocycles. The van der Waals surface area contributed by atoms with Crippen molar-refractivity contribution in [3.8, 4) is 0 Å². The smallest absolute Gasteiger partial charge is 0.178 e. The fraction of sp³-hybridized carbons (Fsp3) is 0.342. The van der Waals surface area contributed by atoms with Crippen LogP contribution in [0.3, 0.4) is 0 Å². The fourth-order valence-electron chi connectivity index (χ4n) is 8.41. The maximum Gasteiger partial charge on any atom is 0.178 e. The largest absolute Gasteiger partial charge is 0.283 e. The van der Waals surface area contributed by atoms with Gasteiger partial charge in [0.1, 0.15) is 5.52 Å². The third kappa shape index (κ3) is 19.2. The Labute approximate surface area is 535 Å². The van der Waals surface area contributed by atoms with E-state index in [9.17, 15) is 0 Å². The molecule has 13 heteroatoms. The Hall–Kier alpha value is -7.54. The minimum Gasteiger partial charge on any atom is -0.283 e. The molecule has 0 aliphatic rings. The van der Waals surface area contributed by atoms with E-state index >= 15 is 0 Å². The number of pyridine rings is 8. The molecule has 0 fully saturated rings. The Morgan fingerprint density at radius 1 is 0.291 bits per heavy atom. The molecule has 0 bridgehead atoms. The van der Waals surface area contributed by atoms with E-state index < -0.39 is 0 Å². The first-order valence-corrected chi connectivity index (χ1v) is 29.0. The molecule has 10 heterocycles. The molecule has 0 unspecified atom stereocenters. The second kappa shape index (κ2) is 28.3. The standard InChI is InChI=1S/C14H16N.4C12H14N2.C11H13N3.Y/c1-10-5-6-13-11(7-10)8-12(9-15-13)14(2,3)4;1-12(2,3)10-6-9-7-13-5-4-11(9)14-8-10;1-12(2,3)9-4-5-10-11(8-9)14-7-6-13-10;1-12(2,3)9-7-11-10(14-8-9)5-4-6-13-11;1-12(2,3)10-7-9-5-4-6-13-11(9)14-8-10;1-11(2,3)8-6-9-10(14-7-8)13-5-4-12-9;/h5,7-9H,1-4H3;4*4-8H,1-3H3;4-7H,1-3H3;/q-1;;;;;;. The quantitative estimate of drug-likeness (QED) is 0.133. The molecule has 0 amide bonds. The number of fused-ring (bicyclic) bond motifs is 6.